The van der Waals surface area contributed by atoms with Gasteiger partial charge in [0, 0.05) is 37.3 Å². The van der Waals surface area contributed by atoms with Crippen LogP contribution in [0.5, 0.6) is 0 Å². The lowest BCUT2D eigenvalue weighted by Gasteiger charge is -2.34. The molecule has 1 saturated heterocycles. The lowest BCUT2D eigenvalue weighted by molar-refractivity contribution is -0.0164. The van der Waals surface area contributed by atoms with Gasteiger partial charge in [0.15, 0.2) is 0 Å². The van der Waals surface area contributed by atoms with Crippen LogP contribution in [0.25, 0.3) is 0 Å². The molecule has 0 bridgehead atoms. The molecule has 3 heterocycles. The molecule has 0 saturated carbocycles. The topological polar surface area (TPSA) is 63.2 Å². The largest absolute Gasteiger partial charge is 0.378 e. The van der Waals surface area contributed by atoms with Crippen molar-refractivity contribution < 1.29 is 4.74 Å². The van der Waals surface area contributed by atoms with Crippen molar-refractivity contribution in [3.63, 3.8) is 0 Å². The third kappa shape index (κ3) is 3.43. The van der Waals surface area contributed by atoms with Gasteiger partial charge in [0.2, 0.25) is 0 Å². The molecule has 1 N–H and O–H groups in total. The Morgan fingerprint density at radius 1 is 1.36 bits per heavy atom. The second kappa shape index (κ2) is 6.68. The van der Waals surface area contributed by atoms with Crippen LogP contribution >= 0.6 is 11.3 Å². The van der Waals surface area contributed by atoms with Gasteiger partial charge in [-0.3, -0.25) is 4.90 Å². The first-order chi connectivity index (χ1) is 10.7. The number of rotatable bonds is 4. The Morgan fingerprint density at radius 2 is 2.23 bits per heavy atom. The van der Waals surface area contributed by atoms with Gasteiger partial charge in [-0.05, 0) is 13.8 Å². The lowest BCUT2D eigenvalue weighted by atomic mass is 10.2. The molecule has 1 atom stereocenters. The van der Waals surface area contributed by atoms with Crippen LogP contribution in [0.1, 0.15) is 28.3 Å². The number of nitrogens with zero attached hydrogens (tertiary/aromatic N) is 4. The molecule has 2 aromatic rings. The van der Waals surface area contributed by atoms with E-state index < -0.39 is 0 Å². The fourth-order valence-corrected chi connectivity index (χ4v) is 3.23. The van der Waals surface area contributed by atoms with Crippen molar-refractivity contribution in [2.24, 2.45) is 0 Å². The number of hydrogen-bond acceptors (Lipinski definition) is 7. The monoisotopic (exact) mass is 319 g/mol. The summed E-state index contributed by atoms with van der Waals surface area (Å²) in [5.74, 6) is 1.66. The molecule has 7 heteroatoms. The fourth-order valence-electron chi connectivity index (χ4n) is 2.62. The first kappa shape index (κ1) is 15.3. The number of anilines is 1. The number of morpholine rings is 1. The zero-order valence-electron chi connectivity index (χ0n) is 13.2. The highest BCUT2D eigenvalue weighted by Gasteiger charge is 2.28. The van der Waals surface area contributed by atoms with E-state index in [4.69, 9.17) is 4.74 Å². The highest BCUT2D eigenvalue weighted by molar-refractivity contribution is 7.09. The van der Waals surface area contributed by atoms with Gasteiger partial charge in [-0.15, -0.1) is 11.3 Å². The Labute approximate surface area is 134 Å². The number of aromatic nitrogens is 3. The average molecular weight is 319 g/mol. The molecule has 3 rings (SSSR count). The molecule has 0 amide bonds. The maximum absolute atomic E-state index is 5.66. The van der Waals surface area contributed by atoms with Crippen LogP contribution in [0.4, 0.5) is 5.82 Å². The molecular weight excluding hydrogens is 298 g/mol. The van der Waals surface area contributed by atoms with Gasteiger partial charge in [0.25, 0.3) is 0 Å². The van der Waals surface area contributed by atoms with Crippen LogP contribution in [0.3, 0.4) is 0 Å². The summed E-state index contributed by atoms with van der Waals surface area (Å²) < 4.78 is 5.66. The van der Waals surface area contributed by atoms with Crippen molar-refractivity contribution in [3.05, 3.63) is 33.7 Å². The molecule has 1 aliphatic heterocycles. The van der Waals surface area contributed by atoms with Crippen LogP contribution in [0.2, 0.25) is 0 Å². The maximum atomic E-state index is 5.66. The van der Waals surface area contributed by atoms with E-state index in [0.29, 0.717) is 6.61 Å². The normalized spacial score (nSPS) is 19.3. The third-order valence-electron chi connectivity index (χ3n) is 3.70. The summed E-state index contributed by atoms with van der Waals surface area (Å²) in [6, 6.07) is 2.02. The molecule has 0 unspecified atom stereocenters. The Hall–Kier alpha value is -1.57. The van der Waals surface area contributed by atoms with Crippen molar-refractivity contribution in [1.82, 2.24) is 19.9 Å². The molecule has 1 aliphatic rings. The highest BCUT2D eigenvalue weighted by atomic mass is 32.1. The summed E-state index contributed by atoms with van der Waals surface area (Å²) >= 11 is 1.69. The fraction of sp³-hybridized carbons (Fsp3) is 0.533. The quantitative estimate of drug-likeness (QED) is 0.932. The summed E-state index contributed by atoms with van der Waals surface area (Å²) in [6.07, 6.45) is 0. The predicted octanol–water partition coefficient (Wildman–Crippen LogP) is 2.17. The number of ether oxygens (including phenoxy) is 1. The van der Waals surface area contributed by atoms with Gasteiger partial charge >= 0.3 is 0 Å². The van der Waals surface area contributed by atoms with E-state index in [1.807, 2.05) is 27.0 Å². The zero-order valence-corrected chi connectivity index (χ0v) is 14.0. The molecule has 22 heavy (non-hydrogen) atoms. The lowest BCUT2D eigenvalue weighted by Crippen LogP contribution is -2.40. The second-order valence-corrected chi connectivity index (χ2v) is 6.48. The standard InChI is InChI=1S/C15H21N5OS/c1-10-6-14(16-3)19-15(17-10)13-8-21-5-4-20(13)7-12-9-22-11(2)18-12/h6,9,13H,4-5,7-8H2,1-3H3,(H,16,17,19)/t13-/m0/s1. The zero-order chi connectivity index (χ0) is 15.5. The molecule has 118 valence electrons. The molecule has 0 radical (unpaired) electrons. The Balaban J connectivity index is 1.84. The van der Waals surface area contributed by atoms with Gasteiger partial charge in [-0.2, -0.15) is 0 Å². The number of aryl methyl sites for hydroxylation is 2. The first-order valence-electron chi connectivity index (χ1n) is 7.42. The molecule has 6 nitrogen and oxygen atoms in total. The van der Waals surface area contributed by atoms with Crippen molar-refractivity contribution in [1.29, 1.82) is 0 Å². The van der Waals surface area contributed by atoms with E-state index in [0.717, 1.165) is 47.7 Å². The Morgan fingerprint density at radius 3 is 2.95 bits per heavy atom. The van der Waals surface area contributed by atoms with Crippen LogP contribution < -0.4 is 5.32 Å². The van der Waals surface area contributed by atoms with Crippen molar-refractivity contribution in [3.8, 4) is 0 Å². The summed E-state index contributed by atoms with van der Waals surface area (Å²) in [6.45, 7) is 7.07. The predicted molar refractivity (Wildman–Crippen MR) is 87.1 cm³/mol. The number of hydrogen-bond donors (Lipinski definition) is 1. The molecule has 0 spiro atoms. The van der Waals surface area contributed by atoms with E-state index in [1.54, 1.807) is 11.3 Å². The Kier molecular flexibility index (Phi) is 4.66. The maximum Gasteiger partial charge on any atom is 0.150 e. The van der Waals surface area contributed by atoms with Crippen LogP contribution in [-0.4, -0.2) is 46.7 Å². The summed E-state index contributed by atoms with van der Waals surface area (Å²) in [7, 11) is 1.87. The minimum absolute atomic E-state index is 0.0720. The van der Waals surface area contributed by atoms with E-state index >= 15 is 0 Å². The minimum Gasteiger partial charge on any atom is -0.378 e. The van der Waals surface area contributed by atoms with Crippen LogP contribution in [0, 0.1) is 13.8 Å². The van der Waals surface area contributed by atoms with Crippen LogP contribution in [-0.2, 0) is 11.3 Å². The third-order valence-corrected chi connectivity index (χ3v) is 4.52. The molecule has 0 aliphatic carbocycles. The van der Waals surface area contributed by atoms with E-state index in [-0.39, 0.29) is 6.04 Å². The van der Waals surface area contributed by atoms with Gasteiger partial charge in [-0.1, -0.05) is 0 Å². The first-order valence-corrected chi connectivity index (χ1v) is 8.30. The smallest absolute Gasteiger partial charge is 0.150 e. The number of nitrogens with one attached hydrogen (secondary N) is 1. The summed E-state index contributed by atoms with van der Waals surface area (Å²) in [5.41, 5.74) is 2.07. The van der Waals surface area contributed by atoms with Crippen LogP contribution in [0.15, 0.2) is 11.4 Å². The summed E-state index contributed by atoms with van der Waals surface area (Å²) in [4.78, 5) is 16.1. The SMILES string of the molecule is CNc1cc(C)nc([C@@H]2COCCN2Cc2csc(C)n2)n1. The molecule has 0 aromatic carbocycles. The van der Waals surface area contributed by atoms with Crippen molar-refractivity contribution in [2.45, 2.75) is 26.4 Å². The van der Waals surface area contributed by atoms with Gasteiger partial charge in [-0.25, -0.2) is 15.0 Å². The van der Waals surface area contributed by atoms with Gasteiger partial charge in [0.1, 0.15) is 11.6 Å². The van der Waals surface area contributed by atoms with E-state index in [1.165, 1.54) is 0 Å². The number of thiazole rings is 1. The molecular formula is C15H21N5OS. The molecule has 1 fully saturated rings. The average Bonchev–Trinajstić information content (AvgIpc) is 2.92. The van der Waals surface area contributed by atoms with Gasteiger partial charge in [0.05, 0.1) is 30.0 Å². The molecule has 2 aromatic heterocycles. The minimum atomic E-state index is 0.0720. The van der Waals surface area contributed by atoms with E-state index in [2.05, 4.69) is 30.5 Å². The highest BCUT2D eigenvalue weighted by Crippen LogP contribution is 2.25. The Bertz CT molecular complexity index is 645. The van der Waals surface area contributed by atoms with Crippen molar-refractivity contribution in [2.75, 3.05) is 32.1 Å². The van der Waals surface area contributed by atoms with E-state index in [9.17, 15) is 0 Å². The van der Waals surface area contributed by atoms with Gasteiger partial charge < -0.3 is 10.1 Å². The summed E-state index contributed by atoms with van der Waals surface area (Å²) in [5, 5.41) is 6.32. The van der Waals surface area contributed by atoms with Crippen molar-refractivity contribution >= 4 is 17.2 Å². The second-order valence-electron chi connectivity index (χ2n) is 5.42.